The summed E-state index contributed by atoms with van der Waals surface area (Å²) in [7, 11) is -3.97. The van der Waals surface area contributed by atoms with Crippen LogP contribution in [0.25, 0.3) is 0 Å². The number of pyridine rings is 1. The highest BCUT2D eigenvalue weighted by Crippen LogP contribution is 2.23. The molecule has 2 rings (SSSR count). The molecule has 4 N–H and O–H groups in total. The van der Waals surface area contributed by atoms with E-state index in [0.29, 0.717) is 0 Å². The molecule has 0 aliphatic rings. The van der Waals surface area contributed by atoms with Crippen LogP contribution in [-0.4, -0.2) is 13.4 Å². The number of hydrazine groups is 1. The number of anilines is 2. The Morgan fingerprint density at radius 2 is 1.90 bits per heavy atom. The van der Waals surface area contributed by atoms with Crippen molar-refractivity contribution in [3.63, 3.8) is 0 Å². The Labute approximate surface area is 115 Å². The first-order valence-corrected chi connectivity index (χ1v) is 7.13. The van der Waals surface area contributed by atoms with Crippen molar-refractivity contribution >= 4 is 21.4 Å². The van der Waals surface area contributed by atoms with Gasteiger partial charge in [0.25, 0.3) is 10.0 Å². The topological polar surface area (TPSA) is 97.1 Å². The zero-order chi connectivity index (χ0) is 14.8. The summed E-state index contributed by atoms with van der Waals surface area (Å²) in [5, 5.41) is -0.258. The first-order chi connectivity index (χ1) is 9.45. The number of halogens is 1. The van der Waals surface area contributed by atoms with Crippen molar-refractivity contribution in [2.45, 2.75) is 11.9 Å². The molecule has 8 heteroatoms. The van der Waals surface area contributed by atoms with Gasteiger partial charge in [0, 0.05) is 11.8 Å². The second-order valence-electron chi connectivity index (χ2n) is 4.02. The van der Waals surface area contributed by atoms with Crippen LogP contribution in [0, 0.1) is 12.7 Å². The Kier molecular flexibility index (Phi) is 3.86. The van der Waals surface area contributed by atoms with Gasteiger partial charge < -0.3 is 5.43 Å². The van der Waals surface area contributed by atoms with Gasteiger partial charge in [-0.2, -0.15) is 8.42 Å². The van der Waals surface area contributed by atoms with E-state index in [1.165, 1.54) is 37.4 Å². The van der Waals surface area contributed by atoms with Gasteiger partial charge in [0.15, 0.2) is 0 Å². The summed E-state index contributed by atoms with van der Waals surface area (Å²) < 4.78 is 40.2. The lowest BCUT2D eigenvalue weighted by molar-refractivity contribution is 0.597. The Balaban J connectivity index is 2.44. The number of hydrogen-bond acceptors (Lipinski definition) is 5. The maximum Gasteiger partial charge on any atom is 0.281 e. The van der Waals surface area contributed by atoms with Crippen LogP contribution in [0.15, 0.2) is 41.6 Å². The monoisotopic (exact) mass is 296 g/mol. The molecule has 0 bridgehead atoms. The standard InChI is InChI=1S/C12H13FN4O2S/c1-8-9(13)4-2-5-10(8)17-20(18,19)12-11(16-14)6-3-7-15-12/h2-7,16-17H,14H2,1H3. The Hall–Kier alpha value is -2.19. The second-order valence-corrected chi connectivity index (χ2v) is 5.62. The number of sulfonamides is 1. The normalized spacial score (nSPS) is 11.2. The van der Waals surface area contributed by atoms with Crippen LogP contribution in [0.4, 0.5) is 15.8 Å². The number of rotatable bonds is 4. The molecule has 0 aliphatic carbocycles. The van der Waals surface area contributed by atoms with Crippen LogP contribution >= 0.6 is 0 Å². The van der Waals surface area contributed by atoms with Crippen molar-refractivity contribution in [1.82, 2.24) is 4.98 Å². The van der Waals surface area contributed by atoms with Gasteiger partial charge in [-0.3, -0.25) is 10.6 Å². The fourth-order valence-corrected chi connectivity index (χ4v) is 2.85. The van der Waals surface area contributed by atoms with E-state index in [9.17, 15) is 12.8 Å². The maximum atomic E-state index is 13.4. The smallest absolute Gasteiger partial charge is 0.281 e. The van der Waals surface area contributed by atoms with Gasteiger partial charge in [0.05, 0.1) is 11.4 Å². The summed E-state index contributed by atoms with van der Waals surface area (Å²) in [6.07, 6.45) is 1.33. The molecule has 1 aromatic heterocycles. The molecule has 0 spiro atoms. The number of aromatic nitrogens is 1. The van der Waals surface area contributed by atoms with Gasteiger partial charge >= 0.3 is 0 Å². The van der Waals surface area contributed by atoms with E-state index in [-0.39, 0.29) is 22.0 Å². The number of benzene rings is 1. The van der Waals surface area contributed by atoms with E-state index in [1.807, 2.05) is 0 Å². The van der Waals surface area contributed by atoms with E-state index in [2.05, 4.69) is 15.1 Å². The predicted molar refractivity (Wildman–Crippen MR) is 74.0 cm³/mol. The van der Waals surface area contributed by atoms with Crippen molar-refractivity contribution in [2.24, 2.45) is 5.84 Å². The van der Waals surface area contributed by atoms with E-state index in [4.69, 9.17) is 5.84 Å². The van der Waals surface area contributed by atoms with Crippen LogP contribution in [0.1, 0.15) is 5.56 Å². The molecule has 6 nitrogen and oxygen atoms in total. The molecule has 0 amide bonds. The predicted octanol–water partition coefficient (Wildman–Crippen LogP) is 1.62. The summed E-state index contributed by atoms with van der Waals surface area (Å²) >= 11 is 0. The van der Waals surface area contributed by atoms with Crippen molar-refractivity contribution in [2.75, 3.05) is 10.1 Å². The lowest BCUT2D eigenvalue weighted by Gasteiger charge is -2.12. The molecule has 0 saturated heterocycles. The second kappa shape index (κ2) is 5.43. The molecule has 0 aliphatic heterocycles. The average molecular weight is 296 g/mol. The minimum absolute atomic E-state index is 0.147. The molecule has 0 unspecified atom stereocenters. The van der Waals surface area contributed by atoms with Gasteiger partial charge in [-0.1, -0.05) is 6.07 Å². The van der Waals surface area contributed by atoms with Crippen LogP contribution in [0.3, 0.4) is 0 Å². The molecule has 0 radical (unpaired) electrons. The summed E-state index contributed by atoms with van der Waals surface area (Å²) in [4.78, 5) is 3.78. The Bertz CT molecular complexity index is 734. The van der Waals surface area contributed by atoms with E-state index in [1.54, 1.807) is 6.07 Å². The molecule has 1 aromatic carbocycles. The highest BCUT2D eigenvalue weighted by Gasteiger charge is 2.21. The molecule has 0 saturated carbocycles. The van der Waals surface area contributed by atoms with Crippen molar-refractivity contribution < 1.29 is 12.8 Å². The molecule has 0 fully saturated rings. The van der Waals surface area contributed by atoms with Gasteiger partial charge in [0.2, 0.25) is 5.03 Å². The SMILES string of the molecule is Cc1c(F)cccc1NS(=O)(=O)c1ncccc1NN. The molecular weight excluding hydrogens is 283 g/mol. The minimum Gasteiger partial charge on any atom is -0.321 e. The highest BCUT2D eigenvalue weighted by atomic mass is 32.2. The quantitative estimate of drug-likeness (QED) is 0.588. The Morgan fingerprint density at radius 1 is 1.20 bits per heavy atom. The van der Waals surface area contributed by atoms with Crippen LogP contribution in [0.5, 0.6) is 0 Å². The van der Waals surface area contributed by atoms with Crippen LogP contribution in [0.2, 0.25) is 0 Å². The molecule has 0 atom stereocenters. The third kappa shape index (κ3) is 2.70. The zero-order valence-corrected chi connectivity index (χ0v) is 11.4. The van der Waals surface area contributed by atoms with Gasteiger partial charge in [0.1, 0.15) is 5.82 Å². The number of nitrogens with one attached hydrogen (secondary N) is 2. The van der Waals surface area contributed by atoms with Crippen LogP contribution in [-0.2, 0) is 10.0 Å². The van der Waals surface area contributed by atoms with Gasteiger partial charge in [-0.05, 0) is 31.2 Å². The lowest BCUT2D eigenvalue weighted by Crippen LogP contribution is -2.19. The van der Waals surface area contributed by atoms with E-state index >= 15 is 0 Å². The number of hydrogen-bond donors (Lipinski definition) is 3. The van der Waals surface area contributed by atoms with Crippen molar-refractivity contribution in [1.29, 1.82) is 0 Å². The lowest BCUT2D eigenvalue weighted by atomic mass is 10.2. The Morgan fingerprint density at radius 3 is 2.60 bits per heavy atom. The number of nitrogens with two attached hydrogens (primary N) is 1. The molecule has 20 heavy (non-hydrogen) atoms. The molecular formula is C12H13FN4O2S. The average Bonchev–Trinajstić information content (AvgIpc) is 2.43. The van der Waals surface area contributed by atoms with Crippen molar-refractivity contribution in [3.8, 4) is 0 Å². The summed E-state index contributed by atoms with van der Waals surface area (Å²) in [5.41, 5.74) is 2.76. The summed E-state index contributed by atoms with van der Waals surface area (Å²) in [6.45, 7) is 1.48. The summed E-state index contributed by atoms with van der Waals surface area (Å²) in [5.74, 6) is 4.76. The van der Waals surface area contributed by atoms with E-state index < -0.39 is 15.8 Å². The highest BCUT2D eigenvalue weighted by molar-refractivity contribution is 7.92. The summed E-state index contributed by atoms with van der Waals surface area (Å²) in [6, 6.07) is 7.15. The fraction of sp³-hybridized carbons (Fsp3) is 0.0833. The van der Waals surface area contributed by atoms with Crippen LogP contribution < -0.4 is 16.0 Å². The van der Waals surface area contributed by atoms with Crippen molar-refractivity contribution in [3.05, 3.63) is 47.9 Å². The van der Waals surface area contributed by atoms with Gasteiger partial charge in [-0.25, -0.2) is 9.37 Å². The van der Waals surface area contributed by atoms with Gasteiger partial charge in [-0.15, -0.1) is 0 Å². The fourth-order valence-electron chi connectivity index (χ4n) is 1.63. The van der Waals surface area contributed by atoms with E-state index in [0.717, 1.165) is 0 Å². The third-order valence-electron chi connectivity index (χ3n) is 2.69. The number of nitrogens with zero attached hydrogens (tertiary/aromatic N) is 1. The third-order valence-corrected chi connectivity index (χ3v) is 4.02. The molecule has 106 valence electrons. The largest absolute Gasteiger partial charge is 0.321 e. The molecule has 1 heterocycles. The maximum absolute atomic E-state index is 13.4. The number of nitrogen functional groups attached to an aromatic ring is 1. The molecule has 2 aromatic rings. The first kappa shape index (κ1) is 14.2. The first-order valence-electron chi connectivity index (χ1n) is 5.65. The minimum atomic E-state index is -3.97. The zero-order valence-electron chi connectivity index (χ0n) is 10.6.